The number of ether oxygens (including phenoxy) is 1. The maximum atomic E-state index is 5.51. The highest BCUT2D eigenvalue weighted by molar-refractivity contribution is 9.10. The van der Waals surface area contributed by atoms with Crippen LogP contribution in [0.1, 0.15) is 19.0 Å². The molecule has 0 aromatic carbocycles. The number of nitrogens with one attached hydrogen (secondary N) is 1. The standard InChI is InChI=1S/C13H15Br2N3O2/c1-3-6-16-13-11(15)8(7-19-2)17-12(18-13)9-4-5-10(14)20-9/h4-5H,3,6-7H2,1-2H3,(H,16,17,18). The minimum atomic E-state index is 0.402. The molecule has 7 heteroatoms. The van der Waals surface area contributed by atoms with E-state index in [0.29, 0.717) is 22.9 Å². The van der Waals surface area contributed by atoms with Crippen molar-refractivity contribution in [2.75, 3.05) is 19.0 Å². The minimum Gasteiger partial charge on any atom is -0.446 e. The third-order valence-corrected chi connectivity index (χ3v) is 3.80. The predicted molar refractivity (Wildman–Crippen MR) is 84.6 cm³/mol. The molecular weight excluding hydrogens is 390 g/mol. The lowest BCUT2D eigenvalue weighted by molar-refractivity contribution is 0.181. The second-order valence-electron chi connectivity index (χ2n) is 4.12. The SMILES string of the molecule is CCCNc1nc(-c2ccc(Br)o2)nc(COC)c1Br. The summed E-state index contributed by atoms with van der Waals surface area (Å²) in [6, 6.07) is 3.64. The van der Waals surface area contributed by atoms with Gasteiger partial charge >= 0.3 is 0 Å². The Kier molecular flexibility index (Phi) is 5.56. The zero-order valence-electron chi connectivity index (χ0n) is 11.2. The first-order valence-electron chi connectivity index (χ1n) is 6.20. The molecule has 5 nitrogen and oxygen atoms in total. The Hall–Kier alpha value is -0.920. The zero-order chi connectivity index (χ0) is 14.5. The Morgan fingerprint density at radius 3 is 2.70 bits per heavy atom. The van der Waals surface area contributed by atoms with Crippen LogP contribution < -0.4 is 5.32 Å². The minimum absolute atomic E-state index is 0.402. The van der Waals surface area contributed by atoms with Crippen molar-refractivity contribution in [3.05, 3.63) is 27.0 Å². The van der Waals surface area contributed by atoms with Crippen LogP contribution in [-0.2, 0) is 11.3 Å². The second-order valence-corrected chi connectivity index (χ2v) is 5.69. The Labute approximate surface area is 134 Å². The van der Waals surface area contributed by atoms with Gasteiger partial charge in [-0.25, -0.2) is 9.97 Å². The van der Waals surface area contributed by atoms with Crippen LogP contribution in [0.3, 0.4) is 0 Å². The van der Waals surface area contributed by atoms with Gasteiger partial charge in [0, 0.05) is 13.7 Å². The lowest BCUT2D eigenvalue weighted by atomic mass is 10.3. The molecule has 2 aromatic rings. The molecular formula is C13H15Br2N3O2. The van der Waals surface area contributed by atoms with Gasteiger partial charge in [-0.2, -0.15) is 0 Å². The highest BCUT2D eigenvalue weighted by atomic mass is 79.9. The Morgan fingerprint density at radius 2 is 2.10 bits per heavy atom. The van der Waals surface area contributed by atoms with Crippen molar-refractivity contribution in [1.82, 2.24) is 9.97 Å². The molecule has 2 rings (SSSR count). The number of methoxy groups -OCH3 is 1. The largest absolute Gasteiger partial charge is 0.446 e. The smallest absolute Gasteiger partial charge is 0.198 e. The number of hydrogen-bond donors (Lipinski definition) is 1. The molecule has 0 aliphatic heterocycles. The van der Waals surface area contributed by atoms with Crippen molar-refractivity contribution >= 4 is 37.7 Å². The van der Waals surface area contributed by atoms with Gasteiger partial charge < -0.3 is 14.5 Å². The topological polar surface area (TPSA) is 60.2 Å². The molecule has 0 fully saturated rings. The van der Waals surface area contributed by atoms with Crippen LogP contribution in [0.15, 0.2) is 25.7 Å². The molecule has 0 aliphatic rings. The molecule has 108 valence electrons. The lowest BCUT2D eigenvalue weighted by Gasteiger charge is -2.11. The van der Waals surface area contributed by atoms with Gasteiger partial charge in [0.1, 0.15) is 5.82 Å². The highest BCUT2D eigenvalue weighted by Crippen LogP contribution is 2.29. The fourth-order valence-corrected chi connectivity index (χ4v) is 2.37. The summed E-state index contributed by atoms with van der Waals surface area (Å²) in [5.41, 5.74) is 0.781. The van der Waals surface area contributed by atoms with Crippen molar-refractivity contribution < 1.29 is 9.15 Å². The van der Waals surface area contributed by atoms with E-state index >= 15 is 0 Å². The van der Waals surface area contributed by atoms with Crippen LogP contribution in [0.4, 0.5) is 5.82 Å². The van der Waals surface area contributed by atoms with Crippen LogP contribution in [0, 0.1) is 0 Å². The summed E-state index contributed by atoms with van der Waals surface area (Å²) in [7, 11) is 1.64. The van der Waals surface area contributed by atoms with Crippen molar-refractivity contribution in [3.8, 4) is 11.6 Å². The Morgan fingerprint density at radius 1 is 1.30 bits per heavy atom. The second kappa shape index (κ2) is 7.19. The molecule has 0 aliphatic carbocycles. The fourth-order valence-electron chi connectivity index (χ4n) is 1.63. The summed E-state index contributed by atoms with van der Waals surface area (Å²) in [6.45, 7) is 3.34. The van der Waals surface area contributed by atoms with E-state index in [-0.39, 0.29) is 0 Å². The van der Waals surface area contributed by atoms with E-state index in [1.165, 1.54) is 0 Å². The van der Waals surface area contributed by atoms with Gasteiger partial charge in [0.25, 0.3) is 0 Å². The first kappa shape index (κ1) is 15.5. The van der Waals surface area contributed by atoms with Crippen molar-refractivity contribution in [1.29, 1.82) is 0 Å². The van der Waals surface area contributed by atoms with Gasteiger partial charge in [-0.05, 0) is 50.4 Å². The van der Waals surface area contributed by atoms with E-state index in [0.717, 1.165) is 29.0 Å². The summed E-state index contributed by atoms with van der Waals surface area (Å²) < 4.78 is 12.2. The summed E-state index contributed by atoms with van der Waals surface area (Å²) in [5, 5.41) is 3.27. The molecule has 0 saturated heterocycles. The monoisotopic (exact) mass is 403 g/mol. The molecule has 0 atom stereocenters. The van der Waals surface area contributed by atoms with Gasteiger partial charge in [-0.15, -0.1) is 0 Å². The third-order valence-electron chi connectivity index (χ3n) is 2.54. The van der Waals surface area contributed by atoms with Gasteiger partial charge in [0.15, 0.2) is 16.3 Å². The Balaban J connectivity index is 2.43. The van der Waals surface area contributed by atoms with E-state index < -0.39 is 0 Å². The summed E-state index contributed by atoms with van der Waals surface area (Å²) >= 11 is 6.80. The average molecular weight is 405 g/mol. The normalized spacial score (nSPS) is 10.8. The van der Waals surface area contributed by atoms with Crippen LogP contribution in [0.2, 0.25) is 0 Å². The number of nitrogens with zero attached hydrogens (tertiary/aromatic N) is 2. The zero-order valence-corrected chi connectivity index (χ0v) is 14.4. The number of rotatable bonds is 6. The third kappa shape index (κ3) is 3.59. The molecule has 1 N–H and O–H groups in total. The van der Waals surface area contributed by atoms with E-state index in [4.69, 9.17) is 9.15 Å². The molecule has 20 heavy (non-hydrogen) atoms. The quantitative estimate of drug-likeness (QED) is 0.780. The van der Waals surface area contributed by atoms with E-state index in [1.54, 1.807) is 7.11 Å². The van der Waals surface area contributed by atoms with Crippen molar-refractivity contribution in [2.24, 2.45) is 0 Å². The summed E-state index contributed by atoms with van der Waals surface area (Å²) in [5.74, 6) is 1.89. The van der Waals surface area contributed by atoms with Gasteiger partial charge in [-0.3, -0.25) is 0 Å². The van der Waals surface area contributed by atoms with Crippen LogP contribution in [-0.4, -0.2) is 23.6 Å². The van der Waals surface area contributed by atoms with E-state index in [1.807, 2.05) is 12.1 Å². The van der Waals surface area contributed by atoms with Crippen LogP contribution in [0.25, 0.3) is 11.6 Å². The van der Waals surface area contributed by atoms with Crippen molar-refractivity contribution in [2.45, 2.75) is 20.0 Å². The van der Waals surface area contributed by atoms with Crippen LogP contribution in [0.5, 0.6) is 0 Å². The number of halogens is 2. The molecule has 0 bridgehead atoms. The number of aromatic nitrogens is 2. The molecule has 0 radical (unpaired) electrons. The van der Waals surface area contributed by atoms with E-state index in [9.17, 15) is 0 Å². The maximum Gasteiger partial charge on any atom is 0.198 e. The summed E-state index contributed by atoms with van der Waals surface area (Å²) in [4.78, 5) is 8.97. The Bertz CT molecular complexity index is 587. The fraction of sp³-hybridized carbons (Fsp3) is 0.385. The molecule has 0 unspecified atom stereocenters. The van der Waals surface area contributed by atoms with Gasteiger partial charge in [-0.1, -0.05) is 6.92 Å². The van der Waals surface area contributed by atoms with E-state index in [2.05, 4.69) is 54.1 Å². The number of hydrogen-bond acceptors (Lipinski definition) is 5. The number of furan rings is 1. The van der Waals surface area contributed by atoms with Gasteiger partial charge in [0.05, 0.1) is 16.8 Å². The van der Waals surface area contributed by atoms with Gasteiger partial charge in [0.2, 0.25) is 0 Å². The molecule has 0 spiro atoms. The predicted octanol–water partition coefficient (Wildman–Crippen LogP) is 4.23. The molecule has 2 aromatic heterocycles. The lowest BCUT2D eigenvalue weighted by Crippen LogP contribution is -2.07. The van der Waals surface area contributed by atoms with Crippen LogP contribution >= 0.6 is 31.9 Å². The first-order valence-corrected chi connectivity index (χ1v) is 7.79. The van der Waals surface area contributed by atoms with Crippen molar-refractivity contribution in [3.63, 3.8) is 0 Å². The molecule has 2 heterocycles. The average Bonchev–Trinajstić information content (AvgIpc) is 2.86. The summed E-state index contributed by atoms with van der Waals surface area (Å²) in [6.07, 6.45) is 1.01. The number of anilines is 1. The highest BCUT2D eigenvalue weighted by Gasteiger charge is 2.15. The molecule has 0 saturated carbocycles. The molecule has 0 amide bonds. The first-order chi connectivity index (χ1) is 9.65. The maximum absolute atomic E-state index is 5.51.